The van der Waals surface area contributed by atoms with Crippen LogP contribution in [0, 0.1) is 0 Å². The first-order valence-electron chi connectivity index (χ1n) is 7.72. The molecule has 2 aromatic rings. The maximum absolute atomic E-state index is 12.3. The molecule has 6 heteroatoms. The van der Waals surface area contributed by atoms with Gasteiger partial charge in [-0.1, -0.05) is 0 Å². The molecule has 1 aromatic carbocycles. The quantitative estimate of drug-likeness (QED) is 0.809. The molecular formula is C17H18N4O2. The fraction of sp³-hybridized carbons (Fsp3) is 0.294. The van der Waals surface area contributed by atoms with Gasteiger partial charge in [-0.25, -0.2) is 0 Å². The van der Waals surface area contributed by atoms with Crippen LogP contribution >= 0.6 is 0 Å². The van der Waals surface area contributed by atoms with E-state index in [1.165, 1.54) is 0 Å². The maximum atomic E-state index is 12.3. The summed E-state index contributed by atoms with van der Waals surface area (Å²) >= 11 is 0. The van der Waals surface area contributed by atoms with Crippen molar-refractivity contribution in [2.75, 3.05) is 28.7 Å². The lowest BCUT2D eigenvalue weighted by atomic mass is 10.0. The first kappa shape index (κ1) is 14.0. The summed E-state index contributed by atoms with van der Waals surface area (Å²) in [4.78, 5) is 18.0. The number of fused-ring (bicyclic) bond motifs is 2. The summed E-state index contributed by atoms with van der Waals surface area (Å²) in [5, 5.41) is 16.1. The topological polar surface area (TPSA) is 77.5 Å². The zero-order valence-corrected chi connectivity index (χ0v) is 12.8. The van der Waals surface area contributed by atoms with Crippen LogP contribution in [-0.4, -0.2) is 29.1 Å². The van der Waals surface area contributed by atoms with E-state index in [0.29, 0.717) is 6.54 Å². The number of carbonyl (C=O) groups is 1. The molecule has 2 atom stereocenters. The number of rotatable bonds is 3. The van der Waals surface area contributed by atoms with Gasteiger partial charge in [-0.3, -0.25) is 9.78 Å². The van der Waals surface area contributed by atoms with E-state index in [2.05, 4.69) is 15.6 Å². The van der Waals surface area contributed by atoms with E-state index in [-0.39, 0.29) is 24.6 Å². The molecule has 1 amide bonds. The Hall–Kier alpha value is -2.60. The third kappa shape index (κ3) is 2.14. The standard InChI is InChI=1S/C17H18N4O2/c1-10-12-8-13-14(9-15(12)21(6-7-22)17(10)23)20-16(19-13)11-2-4-18-5-3-11/h2-5,8-10,16,19-20,22H,6-7H2,1H3. The van der Waals surface area contributed by atoms with Crippen molar-refractivity contribution in [1.82, 2.24) is 4.98 Å². The van der Waals surface area contributed by atoms with Crippen molar-refractivity contribution in [2.45, 2.75) is 19.0 Å². The van der Waals surface area contributed by atoms with Gasteiger partial charge in [0.05, 0.1) is 23.9 Å². The predicted molar refractivity (Wildman–Crippen MR) is 88.5 cm³/mol. The summed E-state index contributed by atoms with van der Waals surface area (Å²) in [6.07, 6.45) is 3.53. The van der Waals surface area contributed by atoms with Crippen molar-refractivity contribution in [1.29, 1.82) is 0 Å². The Bertz CT molecular complexity index is 763. The highest BCUT2D eigenvalue weighted by Crippen LogP contribution is 2.45. The number of hydrogen-bond acceptors (Lipinski definition) is 5. The lowest BCUT2D eigenvalue weighted by Crippen LogP contribution is -2.30. The molecule has 0 radical (unpaired) electrons. The van der Waals surface area contributed by atoms with Crippen LogP contribution in [0.15, 0.2) is 36.7 Å². The number of amides is 1. The van der Waals surface area contributed by atoms with Crippen molar-refractivity contribution in [2.24, 2.45) is 0 Å². The number of nitrogens with one attached hydrogen (secondary N) is 2. The van der Waals surface area contributed by atoms with Crippen LogP contribution in [-0.2, 0) is 4.79 Å². The van der Waals surface area contributed by atoms with Gasteiger partial charge in [-0.2, -0.15) is 0 Å². The number of hydrogen-bond donors (Lipinski definition) is 3. The predicted octanol–water partition coefficient (Wildman–Crippen LogP) is 2.06. The lowest BCUT2D eigenvalue weighted by Gasteiger charge is -2.16. The first-order chi connectivity index (χ1) is 11.2. The molecule has 4 rings (SSSR count). The van der Waals surface area contributed by atoms with Crippen LogP contribution in [0.2, 0.25) is 0 Å². The SMILES string of the molecule is CC1C(=O)N(CCO)c2cc3c(cc21)NC(c1ccncc1)N3. The number of pyridine rings is 1. The summed E-state index contributed by atoms with van der Waals surface area (Å²) in [5.74, 6) is -0.132. The zero-order chi connectivity index (χ0) is 16.0. The van der Waals surface area contributed by atoms with Crippen molar-refractivity contribution in [3.8, 4) is 0 Å². The molecule has 3 heterocycles. The lowest BCUT2D eigenvalue weighted by molar-refractivity contribution is -0.119. The number of carbonyl (C=O) groups excluding carboxylic acids is 1. The molecule has 23 heavy (non-hydrogen) atoms. The Balaban J connectivity index is 1.69. The van der Waals surface area contributed by atoms with Crippen molar-refractivity contribution >= 4 is 23.0 Å². The maximum Gasteiger partial charge on any atom is 0.234 e. The molecule has 2 aliphatic heterocycles. The number of benzene rings is 1. The van der Waals surface area contributed by atoms with Crippen LogP contribution in [0.5, 0.6) is 0 Å². The summed E-state index contributed by atoms with van der Waals surface area (Å²) < 4.78 is 0. The summed E-state index contributed by atoms with van der Waals surface area (Å²) in [6.45, 7) is 2.20. The van der Waals surface area contributed by atoms with Gasteiger partial charge < -0.3 is 20.6 Å². The van der Waals surface area contributed by atoms with Crippen molar-refractivity contribution < 1.29 is 9.90 Å². The van der Waals surface area contributed by atoms with Gasteiger partial charge in [0.2, 0.25) is 5.91 Å². The minimum absolute atomic E-state index is 0.00664. The van der Waals surface area contributed by atoms with Crippen LogP contribution in [0.25, 0.3) is 0 Å². The molecule has 0 spiro atoms. The molecule has 2 aliphatic rings. The minimum atomic E-state index is -0.177. The zero-order valence-electron chi connectivity index (χ0n) is 12.8. The molecule has 0 saturated heterocycles. The average Bonchev–Trinajstić information content (AvgIpc) is 3.09. The van der Waals surface area contributed by atoms with Gasteiger partial charge in [0.25, 0.3) is 0 Å². The smallest absolute Gasteiger partial charge is 0.234 e. The second-order valence-electron chi connectivity index (χ2n) is 5.89. The first-order valence-corrected chi connectivity index (χ1v) is 7.72. The number of nitrogens with zero attached hydrogens (tertiary/aromatic N) is 2. The van der Waals surface area contributed by atoms with Crippen LogP contribution in [0.1, 0.15) is 30.1 Å². The molecule has 0 saturated carbocycles. The Labute approximate surface area is 134 Å². The van der Waals surface area contributed by atoms with E-state index in [9.17, 15) is 9.90 Å². The fourth-order valence-electron chi connectivity index (χ4n) is 3.31. The molecule has 2 unspecified atom stereocenters. The molecule has 6 nitrogen and oxygen atoms in total. The monoisotopic (exact) mass is 310 g/mol. The summed E-state index contributed by atoms with van der Waals surface area (Å²) in [6, 6.07) is 7.97. The highest BCUT2D eigenvalue weighted by atomic mass is 16.3. The Kier molecular flexibility index (Phi) is 3.20. The van der Waals surface area contributed by atoms with Crippen LogP contribution in [0.3, 0.4) is 0 Å². The van der Waals surface area contributed by atoms with E-state index < -0.39 is 0 Å². The van der Waals surface area contributed by atoms with E-state index in [1.807, 2.05) is 31.2 Å². The minimum Gasteiger partial charge on any atom is -0.395 e. The molecule has 1 aromatic heterocycles. The van der Waals surface area contributed by atoms with Gasteiger partial charge in [0, 0.05) is 24.6 Å². The Morgan fingerprint density at radius 3 is 2.61 bits per heavy atom. The molecule has 0 fully saturated rings. The van der Waals surface area contributed by atoms with Gasteiger partial charge in [0.1, 0.15) is 6.17 Å². The highest BCUT2D eigenvalue weighted by Gasteiger charge is 2.36. The summed E-state index contributed by atoms with van der Waals surface area (Å²) in [5.41, 5.74) is 4.96. The van der Waals surface area contributed by atoms with Crippen LogP contribution < -0.4 is 15.5 Å². The molecule has 3 N–H and O–H groups in total. The van der Waals surface area contributed by atoms with Crippen LogP contribution in [0.4, 0.5) is 17.1 Å². The largest absolute Gasteiger partial charge is 0.395 e. The number of aliphatic hydroxyl groups is 1. The highest BCUT2D eigenvalue weighted by molar-refractivity contribution is 6.06. The van der Waals surface area contributed by atoms with Gasteiger partial charge in [-0.05, 0) is 42.3 Å². The van der Waals surface area contributed by atoms with Gasteiger partial charge in [-0.15, -0.1) is 0 Å². The van der Waals surface area contributed by atoms with E-state index in [0.717, 1.165) is 28.2 Å². The molecule has 118 valence electrons. The molecule has 0 bridgehead atoms. The van der Waals surface area contributed by atoms with Gasteiger partial charge in [0.15, 0.2) is 0 Å². The average molecular weight is 310 g/mol. The number of aromatic nitrogens is 1. The normalized spacial score (nSPS) is 21.7. The van der Waals surface area contributed by atoms with E-state index in [4.69, 9.17) is 0 Å². The van der Waals surface area contributed by atoms with Gasteiger partial charge >= 0.3 is 0 Å². The Morgan fingerprint density at radius 2 is 1.91 bits per heavy atom. The number of anilines is 3. The van der Waals surface area contributed by atoms with E-state index in [1.54, 1.807) is 17.3 Å². The molecule has 0 aliphatic carbocycles. The van der Waals surface area contributed by atoms with E-state index >= 15 is 0 Å². The number of β-amino-alcohol motifs (C(OH)–C–C–N with tert-alkyl or cyclic N) is 1. The van der Waals surface area contributed by atoms with Crippen molar-refractivity contribution in [3.63, 3.8) is 0 Å². The second kappa shape index (κ2) is 5.24. The number of aliphatic hydroxyl groups excluding tert-OH is 1. The Morgan fingerprint density at radius 1 is 1.22 bits per heavy atom. The van der Waals surface area contributed by atoms with Crippen molar-refractivity contribution in [3.05, 3.63) is 47.8 Å². The fourth-order valence-corrected chi connectivity index (χ4v) is 3.31. The second-order valence-corrected chi connectivity index (χ2v) is 5.89. The third-order valence-electron chi connectivity index (χ3n) is 4.52. The summed E-state index contributed by atoms with van der Waals surface area (Å²) in [7, 11) is 0. The molecular weight excluding hydrogens is 292 g/mol. The third-order valence-corrected chi connectivity index (χ3v) is 4.52.